The van der Waals surface area contributed by atoms with Gasteiger partial charge < -0.3 is 28.8 Å². The van der Waals surface area contributed by atoms with Crippen LogP contribution in [0.5, 0.6) is 0 Å². The molecule has 1 N–H and O–H groups in total. The second-order valence-corrected chi connectivity index (χ2v) is 11.4. The molecular weight excluding hydrogens is 484 g/mol. The summed E-state index contributed by atoms with van der Waals surface area (Å²) in [5.74, 6) is -1.63. The molecule has 5 atom stereocenters. The third-order valence-electron chi connectivity index (χ3n) is 7.97. The summed E-state index contributed by atoms with van der Waals surface area (Å²) in [4.78, 5) is 12.6. The summed E-state index contributed by atoms with van der Waals surface area (Å²) in [5, 5.41) is 10.3. The van der Waals surface area contributed by atoms with E-state index < -0.39 is 24.3 Å². The van der Waals surface area contributed by atoms with Gasteiger partial charge in [0, 0.05) is 26.2 Å². The quantitative estimate of drug-likeness (QED) is 0.166. The minimum absolute atomic E-state index is 0.225. The van der Waals surface area contributed by atoms with Gasteiger partial charge in [-0.25, -0.2) is 4.79 Å². The van der Waals surface area contributed by atoms with Gasteiger partial charge in [-0.2, -0.15) is 0 Å². The Morgan fingerprint density at radius 2 is 1.71 bits per heavy atom. The van der Waals surface area contributed by atoms with E-state index >= 15 is 0 Å². The van der Waals surface area contributed by atoms with Crippen LogP contribution in [0.3, 0.4) is 0 Å². The maximum absolute atomic E-state index is 12.6. The Kier molecular flexibility index (Phi) is 13.8. The summed E-state index contributed by atoms with van der Waals surface area (Å²) in [6, 6.07) is 0. The van der Waals surface area contributed by atoms with E-state index in [1.807, 2.05) is 0 Å². The fraction of sp³-hybridized carbons (Fsp3) is 0.839. The van der Waals surface area contributed by atoms with E-state index in [4.69, 9.17) is 23.7 Å². The smallest absolute Gasteiger partial charge is 0.364 e. The van der Waals surface area contributed by atoms with Crippen LogP contribution < -0.4 is 0 Å². The molecule has 2 saturated heterocycles. The second kappa shape index (κ2) is 16.8. The van der Waals surface area contributed by atoms with Gasteiger partial charge in [0.2, 0.25) is 0 Å². The lowest BCUT2D eigenvalue weighted by atomic mass is 9.89. The Bertz CT molecular complexity index is 717. The first-order valence-electron chi connectivity index (χ1n) is 15.2. The molecule has 38 heavy (non-hydrogen) atoms. The number of hydrogen-bond donors (Lipinski definition) is 1. The summed E-state index contributed by atoms with van der Waals surface area (Å²) >= 11 is 0. The molecule has 0 aromatic heterocycles. The summed E-state index contributed by atoms with van der Waals surface area (Å²) in [6.07, 6.45) is 18.8. The molecule has 0 aromatic carbocycles. The molecule has 3 aliphatic rings. The third kappa shape index (κ3) is 10.4. The molecule has 0 radical (unpaired) electrons. The molecule has 3 rings (SSSR count). The topological polar surface area (TPSA) is 83.5 Å². The van der Waals surface area contributed by atoms with Crippen molar-refractivity contribution in [1.82, 2.24) is 0 Å². The summed E-state index contributed by atoms with van der Waals surface area (Å²) < 4.78 is 29.4. The summed E-state index contributed by atoms with van der Waals surface area (Å²) in [7, 11) is 0. The fourth-order valence-electron chi connectivity index (χ4n) is 5.80. The highest BCUT2D eigenvalue weighted by molar-refractivity contribution is 5.75. The highest BCUT2D eigenvalue weighted by Gasteiger charge is 2.46. The third-order valence-corrected chi connectivity index (χ3v) is 7.97. The molecule has 2 aliphatic heterocycles. The maximum atomic E-state index is 12.6. The van der Waals surface area contributed by atoms with Crippen LogP contribution in [0.25, 0.3) is 0 Å². The van der Waals surface area contributed by atoms with Crippen LogP contribution in [0.2, 0.25) is 0 Å². The number of allylic oxidation sites excluding steroid dienone is 3. The van der Waals surface area contributed by atoms with E-state index in [2.05, 4.69) is 39.0 Å². The van der Waals surface area contributed by atoms with Gasteiger partial charge in [-0.1, -0.05) is 37.1 Å². The van der Waals surface area contributed by atoms with Gasteiger partial charge in [0.05, 0.1) is 6.10 Å². The van der Waals surface area contributed by atoms with Crippen LogP contribution in [0, 0.1) is 11.8 Å². The molecular formula is C31H52O7. The van der Waals surface area contributed by atoms with E-state index in [1.54, 1.807) is 0 Å². The van der Waals surface area contributed by atoms with Crippen LogP contribution in [0.4, 0.5) is 0 Å². The van der Waals surface area contributed by atoms with Crippen LogP contribution in [-0.4, -0.2) is 55.4 Å². The van der Waals surface area contributed by atoms with Crippen molar-refractivity contribution in [3.05, 3.63) is 23.8 Å². The normalized spacial score (nSPS) is 29.4. The van der Waals surface area contributed by atoms with E-state index in [1.165, 1.54) is 24.8 Å². The lowest BCUT2D eigenvalue weighted by Crippen LogP contribution is -2.51. The van der Waals surface area contributed by atoms with Gasteiger partial charge in [0.1, 0.15) is 0 Å². The molecule has 7 nitrogen and oxygen atoms in total. The number of hydrogen-bond acceptors (Lipinski definition) is 6. The predicted octanol–water partition coefficient (Wildman–Crippen LogP) is 7.15. The van der Waals surface area contributed by atoms with Crippen molar-refractivity contribution in [2.75, 3.05) is 19.8 Å². The van der Waals surface area contributed by atoms with Gasteiger partial charge in [-0.3, -0.25) is 0 Å². The van der Waals surface area contributed by atoms with Gasteiger partial charge in [-0.15, -0.1) is 0 Å². The number of carbonyl (C=O) groups is 1. The van der Waals surface area contributed by atoms with E-state index in [0.717, 1.165) is 51.6 Å². The average molecular weight is 537 g/mol. The fourth-order valence-corrected chi connectivity index (χ4v) is 5.80. The number of carboxylic acids is 1. The minimum atomic E-state index is -1.77. The van der Waals surface area contributed by atoms with Crippen molar-refractivity contribution in [3.8, 4) is 0 Å². The Morgan fingerprint density at radius 3 is 2.29 bits per heavy atom. The van der Waals surface area contributed by atoms with E-state index in [-0.39, 0.29) is 12.5 Å². The molecule has 3 unspecified atom stereocenters. The minimum Gasteiger partial charge on any atom is -0.477 e. The number of aliphatic carboxylic acids is 1. The zero-order chi connectivity index (χ0) is 27.2. The number of rotatable bonds is 16. The van der Waals surface area contributed by atoms with Crippen molar-refractivity contribution in [3.63, 3.8) is 0 Å². The monoisotopic (exact) mass is 536 g/mol. The zero-order valence-corrected chi connectivity index (χ0v) is 24.0. The van der Waals surface area contributed by atoms with Crippen LogP contribution in [0.1, 0.15) is 111 Å². The summed E-state index contributed by atoms with van der Waals surface area (Å²) in [6.45, 7) is 8.44. The van der Waals surface area contributed by atoms with Crippen molar-refractivity contribution >= 4 is 5.97 Å². The predicted molar refractivity (Wildman–Crippen MR) is 148 cm³/mol. The lowest BCUT2D eigenvalue weighted by Gasteiger charge is -2.37. The molecule has 1 aliphatic carbocycles. The molecule has 3 fully saturated rings. The molecule has 2 heterocycles. The standard InChI is InChI=1S/C31H52O7/c1-4-20-34-25(3)13-9-14-26-15-10-16-27(26)23-24(2)12-11-19-31(30(32)33,37-28-17-5-7-21-35-28)38-29-18-6-8-22-36-29/h9,12,14,25-29H,4-8,10-11,13,15-23H2,1-3H3,(H,32,33)/b14-9+,24-12-/t25?,26-,27+,28?,29?,31?/m0/s1. The molecule has 0 aromatic rings. The molecule has 7 heteroatoms. The molecule has 0 bridgehead atoms. The van der Waals surface area contributed by atoms with Crippen molar-refractivity contribution in [2.45, 2.75) is 135 Å². The maximum Gasteiger partial charge on any atom is 0.364 e. The number of ether oxygens (including phenoxy) is 5. The second-order valence-electron chi connectivity index (χ2n) is 11.4. The highest BCUT2D eigenvalue weighted by atomic mass is 16.8. The summed E-state index contributed by atoms with van der Waals surface area (Å²) in [5.41, 5.74) is 1.30. The Labute approximate surface area is 230 Å². The van der Waals surface area contributed by atoms with Crippen molar-refractivity contribution in [1.29, 1.82) is 0 Å². The average Bonchev–Trinajstić information content (AvgIpc) is 3.35. The Balaban J connectivity index is 1.57. The lowest BCUT2D eigenvalue weighted by molar-refractivity contribution is -0.352. The first kappa shape index (κ1) is 31.3. The Morgan fingerprint density at radius 1 is 1.03 bits per heavy atom. The van der Waals surface area contributed by atoms with Crippen molar-refractivity contribution < 1.29 is 33.6 Å². The number of carboxylic acid groups (broad SMARTS) is 1. The first-order valence-corrected chi connectivity index (χ1v) is 15.2. The van der Waals surface area contributed by atoms with Gasteiger partial charge in [0.15, 0.2) is 12.6 Å². The zero-order valence-electron chi connectivity index (χ0n) is 24.0. The van der Waals surface area contributed by atoms with Gasteiger partial charge >= 0.3 is 5.97 Å². The Hall–Kier alpha value is -1.25. The first-order chi connectivity index (χ1) is 18.4. The van der Waals surface area contributed by atoms with Crippen molar-refractivity contribution in [2.24, 2.45) is 11.8 Å². The molecule has 0 amide bonds. The SMILES string of the molecule is CCCOC(C)C/C=C/[C@H]1CCC[C@@H]1C/C(C)=C\CCC(OC1CCCCO1)(OC1CCCCO1)C(=O)O. The highest BCUT2D eigenvalue weighted by Crippen LogP contribution is 2.37. The van der Waals surface area contributed by atoms with Gasteiger partial charge in [0.25, 0.3) is 5.79 Å². The van der Waals surface area contributed by atoms with Crippen LogP contribution in [-0.2, 0) is 28.5 Å². The molecule has 1 saturated carbocycles. The van der Waals surface area contributed by atoms with E-state index in [9.17, 15) is 9.90 Å². The largest absolute Gasteiger partial charge is 0.477 e. The van der Waals surface area contributed by atoms with Crippen LogP contribution >= 0.6 is 0 Å². The molecule has 218 valence electrons. The van der Waals surface area contributed by atoms with E-state index in [0.29, 0.717) is 44.3 Å². The molecule has 0 spiro atoms. The van der Waals surface area contributed by atoms with Crippen LogP contribution in [0.15, 0.2) is 23.8 Å². The van der Waals surface area contributed by atoms with Gasteiger partial charge in [-0.05, 0) is 103 Å².